The van der Waals surface area contributed by atoms with Gasteiger partial charge in [0.2, 0.25) is 0 Å². The smallest absolute Gasteiger partial charge is 0.257 e. The van der Waals surface area contributed by atoms with E-state index in [1.165, 1.54) is 23.1 Å². The molecule has 110 valence electrons. The molecule has 7 heteroatoms. The van der Waals surface area contributed by atoms with Gasteiger partial charge >= 0.3 is 0 Å². The minimum Gasteiger partial charge on any atom is -0.507 e. The largest absolute Gasteiger partial charge is 0.507 e. The van der Waals surface area contributed by atoms with Crippen LogP contribution in [0.15, 0.2) is 23.4 Å². The van der Waals surface area contributed by atoms with Crippen LogP contribution in [-0.2, 0) is 0 Å². The Morgan fingerprint density at radius 1 is 1.50 bits per heavy atom. The highest BCUT2D eigenvalue weighted by Gasteiger charge is 2.21. The molecule has 0 unspecified atom stereocenters. The minimum absolute atomic E-state index is 0.0452. The van der Waals surface area contributed by atoms with E-state index in [1.807, 2.05) is 13.8 Å². The fraction of sp³-hybridized carbons (Fsp3) is 0.385. The second-order valence-corrected chi connectivity index (χ2v) is 5.03. The van der Waals surface area contributed by atoms with Crippen LogP contribution >= 0.6 is 11.6 Å². The Labute approximate surface area is 122 Å². The molecule has 0 heterocycles. The number of oxime groups is 1. The molecule has 0 aromatic heterocycles. The van der Waals surface area contributed by atoms with E-state index in [1.54, 1.807) is 0 Å². The number of benzene rings is 1. The maximum atomic E-state index is 12.4. The lowest BCUT2D eigenvalue weighted by atomic mass is 10.1. The molecule has 0 saturated heterocycles. The van der Waals surface area contributed by atoms with Crippen molar-refractivity contribution in [3.05, 3.63) is 28.8 Å². The van der Waals surface area contributed by atoms with Crippen LogP contribution in [0.2, 0.25) is 5.02 Å². The van der Waals surface area contributed by atoms with Gasteiger partial charge < -0.3 is 20.9 Å². The molecule has 1 amide bonds. The number of nitrogens with two attached hydrogens (primary N) is 1. The van der Waals surface area contributed by atoms with Crippen molar-refractivity contribution in [3.63, 3.8) is 0 Å². The number of carbonyl (C=O) groups is 1. The lowest BCUT2D eigenvalue weighted by Crippen LogP contribution is -2.39. The van der Waals surface area contributed by atoms with Crippen LogP contribution in [0, 0.1) is 0 Å². The maximum Gasteiger partial charge on any atom is 0.257 e. The van der Waals surface area contributed by atoms with Gasteiger partial charge in [0, 0.05) is 24.0 Å². The number of amides is 1. The molecule has 6 nitrogen and oxygen atoms in total. The van der Waals surface area contributed by atoms with Crippen molar-refractivity contribution in [3.8, 4) is 5.75 Å². The van der Waals surface area contributed by atoms with Gasteiger partial charge in [-0.2, -0.15) is 0 Å². The van der Waals surface area contributed by atoms with E-state index in [0.29, 0.717) is 5.02 Å². The predicted molar refractivity (Wildman–Crippen MR) is 77.3 cm³/mol. The molecule has 0 aliphatic heterocycles. The zero-order valence-electron chi connectivity index (χ0n) is 11.4. The Bertz CT molecular complexity index is 518. The quantitative estimate of drug-likeness (QED) is 0.335. The number of hydrogen-bond donors (Lipinski definition) is 3. The third-order valence-corrected chi connectivity index (χ3v) is 3.05. The lowest BCUT2D eigenvalue weighted by Gasteiger charge is -2.27. The van der Waals surface area contributed by atoms with Crippen LogP contribution in [-0.4, -0.2) is 39.5 Å². The molecular formula is C13H18ClN3O3. The first-order valence-corrected chi connectivity index (χ1v) is 6.50. The van der Waals surface area contributed by atoms with Crippen molar-refractivity contribution in [2.45, 2.75) is 26.3 Å². The summed E-state index contributed by atoms with van der Waals surface area (Å²) >= 11 is 5.74. The Hall–Kier alpha value is -1.95. The fourth-order valence-corrected chi connectivity index (χ4v) is 1.89. The molecule has 20 heavy (non-hydrogen) atoms. The van der Waals surface area contributed by atoms with Gasteiger partial charge in [-0.05, 0) is 32.0 Å². The number of rotatable bonds is 5. The van der Waals surface area contributed by atoms with Crippen molar-refractivity contribution >= 4 is 23.3 Å². The molecule has 0 aliphatic rings. The number of phenols is 1. The monoisotopic (exact) mass is 299 g/mol. The maximum absolute atomic E-state index is 12.4. The number of phenolic OH excluding ortho intramolecular Hbond substituents is 1. The van der Waals surface area contributed by atoms with E-state index >= 15 is 0 Å². The Morgan fingerprint density at radius 2 is 2.15 bits per heavy atom. The van der Waals surface area contributed by atoms with Crippen LogP contribution in [0.5, 0.6) is 5.75 Å². The van der Waals surface area contributed by atoms with E-state index in [2.05, 4.69) is 5.16 Å². The van der Waals surface area contributed by atoms with Crippen molar-refractivity contribution in [2.24, 2.45) is 10.9 Å². The molecule has 1 aromatic rings. The second kappa shape index (κ2) is 7.00. The van der Waals surface area contributed by atoms with Gasteiger partial charge in [0.05, 0.1) is 5.56 Å². The summed E-state index contributed by atoms with van der Waals surface area (Å²) in [6.45, 7) is 3.97. The molecular weight excluding hydrogens is 282 g/mol. The number of hydrogen-bond acceptors (Lipinski definition) is 4. The topological polar surface area (TPSA) is 99.1 Å². The molecule has 0 atom stereocenters. The average molecular weight is 300 g/mol. The number of halogens is 1. The van der Waals surface area contributed by atoms with Gasteiger partial charge in [0.1, 0.15) is 11.6 Å². The van der Waals surface area contributed by atoms with E-state index in [0.717, 1.165) is 0 Å². The van der Waals surface area contributed by atoms with Crippen LogP contribution < -0.4 is 5.73 Å². The van der Waals surface area contributed by atoms with Crippen LogP contribution in [0.3, 0.4) is 0 Å². The highest BCUT2D eigenvalue weighted by atomic mass is 35.5. The summed E-state index contributed by atoms with van der Waals surface area (Å²) in [6, 6.07) is 4.23. The summed E-state index contributed by atoms with van der Waals surface area (Å²) < 4.78 is 0. The van der Waals surface area contributed by atoms with Crippen LogP contribution in [0.4, 0.5) is 0 Å². The Kier molecular flexibility index (Phi) is 5.64. The highest BCUT2D eigenvalue weighted by molar-refractivity contribution is 6.30. The third kappa shape index (κ3) is 4.03. The summed E-state index contributed by atoms with van der Waals surface area (Å²) in [6.07, 6.45) is 0.245. The third-order valence-electron chi connectivity index (χ3n) is 2.81. The second-order valence-electron chi connectivity index (χ2n) is 4.60. The van der Waals surface area contributed by atoms with Crippen LogP contribution in [0.1, 0.15) is 30.6 Å². The number of amidine groups is 1. The highest BCUT2D eigenvalue weighted by Crippen LogP contribution is 2.24. The summed E-state index contributed by atoms with van der Waals surface area (Å²) in [7, 11) is 0. The van der Waals surface area contributed by atoms with Gasteiger partial charge in [-0.25, -0.2) is 0 Å². The predicted octanol–water partition coefficient (Wildman–Crippen LogP) is 2.03. The van der Waals surface area contributed by atoms with Gasteiger partial charge in [-0.15, -0.1) is 0 Å². The first-order valence-electron chi connectivity index (χ1n) is 6.12. The molecule has 0 bridgehead atoms. The van der Waals surface area contributed by atoms with Crippen molar-refractivity contribution in [2.75, 3.05) is 6.54 Å². The molecule has 0 fully saturated rings. The van der Waals surface area contributed by atoms with Crippen LogP contribution in [0.25, 0.3) is 0 Å². The first kappa shape index (κ1) is 16.1. The number of aromatic hydroxyl groups is 1. The van der Waals surface area contributed by atoms with Gasteiger partial charge in [0.25, 0.3) is 5.91 Å². The van der Waals surface area contributed by atoms with E-state index in [-0.39, 0.29) is 42.1 Å². The molecule has 0 aliphatic carbocycles. The van der Waals surface area contributed by atoms with E-state index < -0.39 is 0 Å². The zero-order chi connectivity index (χ0) is 15.3. The molecule has 4 N–H and O–H groups in total. The van der Waals surface area contributed by atoms with Crippen molar-refractivity contribution in [1.82, 2.24) is 4.90 Å². The SMILES string of the molecule is CC(C)N(CCC(N)=NO)C(=O)c1ccc(Cl)cc1O. The molecule has 1 aromatic carbocycles. The summed E-state index contributed by atoms with van der Waals surface area (Å²) in [5, 5.41) is 21.5. The Morgan fingerprint density at radius 3 is 2.65 bits per heavy atom. The molecule has 0 radical (unpaired) electrons. The minimum atomic E-state index is -0.333. The summed E-state index contributed by atoms with van der Waals surface area (Å²) in [4.78, 5) is 13.9. The number of nitrogens with zero attached hydrogens (tertiary/aromatic N) is 2. The standard InChI is InChI=1S/C13H18ClN3O3/c1-8(2)17(6-5-12(15)16-20)13(19)10-4-3-9(14)7-11(10)18/h3-4,7-8,18,20H,5-6H2,1-2H3,(H2,15,16). The molecule has 1 rings (SSSR count). The zero-order valence-corrected chi connectivity index (χ0v) is 12.1. The Balaban J connectivity index is 2.94. The van der Waals surface area contributed by atoms with Gasteiger partial charge in [-0.1, -0.05) is 16.8 Å². The average Bonchev–Trinajstić information content (AvgIpc) is 2.37. The number of carbonyl (C=O) groups excluding carboxylic acids is 1. The van der Waals surface area contributed by atoms with Crippen molar-refractivity contribution in [1.29, 1.82) is 0 Å². The summed E-state index contributed by atoms with van der Waals surface area (Å²) in [5.41, 5.74) is 5.57. The lowest BCUT2D eigenvalue weighted by molar-refractivity contribution is 0.0708. The van der Waals surface area contributed by atoms with Crippen molar-refractivity contribution < 1.29 is 15.1 Å². The first-order chi connectivity index (χ1) is 9.36. The van der Waals surface area contributed by atoms with Gasteiger partial charge in [-0.3, -0.25) is 4.79 Å². The van der Waals surface area contributed by atoms with E-state index in [4.69, 9.17) is 22.5 Å². The van der Waals surface area contributed by atoms with E-state index in [9.17, 15) is 9.90 Å². The molecule has 0 spiro atoms. The normalized spacial score (nSPS) is 11.7. The summed E-state index contributed by atoms with van der Waals surface area (Å²) in [5.74, 6) is -0.458. The fourth-order valence-electron chi connectivity index (χ4n) is 1.72. The van der Waals surface area contributed by atoms with Gasteiger partial charge in [0.15, 0.2) is 0 Å². The molecule has 0 saturated carbocycles.